The summed E-state index contributed by atoms with van der Waals surface area (Å²) in [6.07, 6.45) is 1.65. The lowest BCUT2D eigenvalue weighted by Gasteiger charge is -2.19. The third-order valence-corrected chi connectivity index (χ3v) is 4.53. The second kappa shape index (κ2) is 7.55. The monoisotopic (exact) mass is 342 g/mol. The van der Waals surface area contributed by atoms with Crippen molar-refractivity contribution >= 4 is 6.03 Å². The van der Waals surface area contributed by atoms with Gasteiger partial charge in [0.2, 0.25) is 0 Å². The summed E-state index contributed by atoms with van der Waals surface area (Å²) in [6.45, 7) is 4.49. The lowest BCUT2D eigenvalue weighted by Crippen LogP contribution is -2.38. The molecule has 2 N–H and O–H groups in total. The summed E-state index contributed by atoms with van der Waals surface area (Å²) >= 11 is 0. The Morgan fingerprint density at radius 3 is 2.76 bits per heavy atom. The molecule has 0 aliphatic heterocycles. The Hall–Kier alpha value is -2.56. The molecule has 4 nitrogen and oxygen atoms in total. The van der Waals surface area contributed by atoms with Gasteiger partial charge in [0, 0.05) is 0 Å². The molecule has 2 unspecified atom stereocenters. The van der Waals surface area contributed by atoms with Crippen LogP contribution < -0.4 is 15.4 Å². The molecule has 1 aliphatic rings. The number of nitrogens with one attached hydrogen (secondary N) is 2. The van der Waals surface area contributed by atoms with Crippen LogP contribution in [0.2, 0.25) is 0 Å². The molecule has 0 bridgehead atoms. The summed E-state index contributed by atoms with van der Waals surface area (Å²) in [5.41, 5.74) is 2.98. The summed E-state index contributed by atoms with van der Waals surface area (Å²) in [7, 11) is 0. The zero-order valence-corrected chi connectivity index (χ0v) is 14.5. The number of fused-ring (bicyclic) bond motifs is 1. The van der Waals surface area contributed by atoms with Crippen LogP contribution in [0.1, 0.15) is 49.0 Å². The Morgan fingerprint density at radius 1 is 1.28 bits per heavy atom. The average Bonchev–Trinajstić information content (AvgIpc) is 2.97. The second-order valence-electron chi connectivity index (χ2n) is 6.28. The maximum absolute atomic E-state index is 13.5. The largest absolute Gasteiger partial charge is 0.494 e. The molecule has 0 spiro atoms. The van der Waals surface area contributed by atoms with Crippen molar-refractivity contribution in [3.63, 3.8) is 0 Å². The minimum absolute atomic E-state index is 0.135. The normalized spacial score (nSPS) is 16.8. The number of rotatable bonds is 5. The van der Waals surface area contributed by atoms with Gasteiger partial charge in [-0.25, -0.2) is 9.18 Å². The van der Waals surface area contributed by atoms with E-state index in [0.29, 0.717) is 6.61 Å². The Bertz CT molecular complexity index is 746. The molecule has 2 amide bonds. The quantitative estimate of drug-likeness (QED) is 0.852. The topological polar surface area (TPSA) is 50.4 Å². The summed E-state index contributed by atoms with van der Waals surface area (Å²) in [5.74, 6) is 0.545. The van der Waals surface area contributed by atoms with Crippen molar-refractivity contribution in [3.8, 4) is 5.75 Å². The van der Waals surface area contributed by atoms with Gasteiger partial charge in [0.1, 0.15) is 11.6 Å². The van der Waals surface area contributed by atoms with Gasteiger partial charge in [-0.15, -0.1) is 0 Å². The third-order valence-electron chi connectivity index (χ3n) is 4.53. The number of halogens is 1. The van der Waals surface area contributed by atoms with Crippen molar-refractivity contribution in [3.05, 3.63) is 65.0 Å². The molecule has 2 aromatic carbocycles. The number of amides is 2. The predicted octanol–water partition coefficient (Wildman–Crippen LogP) is 4.27. The predicted molar refractivity (Wildman–Crippen MR) is 95.2 cm³/mol. The molecule has 2 atom stereocenters. The molecule has 0 radical (unpaired) electrons. The maximum atomic E-state index is 13.5. The van der Waals surface area contributed by atoms with Gasteiger partial charge in [-0.05, 0) is 67.6 Å². The first-order valence-corrected chi connectivity index (χ1v) is 8.65. The van der Waals surface area contributed by atoms with E-state index >= 15 is 0 Å². The molecule has 1 aliphatic carbocycles. The average molecular weight is 342 g/mol. The molecule has 5 heteroatoms. The summed E-state index contributed by atoms with van der Waals surface area (Å²) < 4.78 is 18.9. The zero-order valence-electron chi connectivity index (χ0n) is 14.5. The number of urea groups is 1. The SMILES string of the molecule is CCOc1ccc(C(C)NC(=O)NC2CCc3ccc(F)cc32)cc1. The van der Waals surface area contributed by atoms with E-state index in [-0.39, 0.29) is 23.9 Å². The van der Waals surface area contributed by atoms with Crippen LogP contribution in [-0.4, -0.2) is 12.6 Å². The van der Waals surface area contributed by atoms with E-state index in [1.807, 2.05) is 38.1 Å². The van der Waals surface area contributed by atoms with Crippen LogP contribution in [0.5, 0.6) is 5.75 Å². The van der Waals surface area contributed by atoms with Crippen LogP contribution in [0.3, 0.4) is 0 Å². The summed E-state index contributed by atoms with van der Waals surface area (Å²) in [4.78, 5) is 12.3. The fourth-order valence-electron chi connectivity index (χ4n) is 3.22. The summed E-state index contributed by atoms with van der Waals surface area (Å²) in [6, 6.07) is 11.9. The van der Waals surface area contributed by atoms with E-state index in [1.165, 1.54) is 12.1 Å². The molecule has 0 heterocycles. The highest BCUT2D eigenvalue weighted by Crippen LogP contribution is 2.31. The van der Waals surface area contributed by atoms with E-state index < -0.39 is 0 Å². The highest BCUT2D eigenvalue weighted by atomic mass is 19.1. The lowest BCUT2D eigenvalue weighted by atomic mass is 10.1. The van der Waals surface area contributed by atoms with Crippen molar-refractivity contribution in [1.29, 1.82) is 0 Å². The van der Waals surface area contributed by atoms with Gasteiger partial charge >= 0.3 is 6.03 Å². The number of ether oxygens (including phenoxy) is 1. The molecule has 0 saturated carbocycles. The first kappa shape index (κ1) is 17.3. The summed E-state index contributed by atoms with van der Waals surface area (Å²) in [5, 5.41) is 5.89. The Labute approximate surface area is 147 Å². The Kier molecular flexibility index (Phi) is 5.22. The number of aryl methyl sites for hydroxylation is 1. The number of carbonyl (C=O) groups is 1. The van der Waals surface area contributed by atoms with E-state index in [4.69, 9.17) is 4.74 Å². The van der Waals surface area contributed by atoms with E-state index in [0.717, 1.165) is 35.3 Å². The minimum atomic E-state index is -0.268. The van der Waals surface area contributed by atoms with Crippen LogP contribution in [0, 0.1) is 5.82 Å². The van der Waals surface area contributed by atoms with Gasteiger partial charge < -0.3 is 15.4 Å². The lowest BCUT2D eigenvalue weighted by molar-refractivity contribution is 0.234. The first-order chi connectivity index (χ1) is 12.1. The molecule has 2 aromatic rings. The number of carbonyl (C=O) groups excluding carboxylic acids is 1. The number of benzene rings is 2. The standard InChI is InChI=1S/C20H23FN2O2/c1-3-25-17-9-5-14(6-10-17)13(2)22-20(24)23-19-11-7-15-4-8-16(21)12-18(15)19/h4-6,8-10,12-13,19H,3,7,11H2,1-2H3,(H2,22,23,24). The van der Waals surface area contributed by atoms with Crippen molar-refractivity contribution in [2.75, 3.05) is 6.61 Å². The van der Waals surface area contributed by atoms with Crippen LogP contribution in [0.15, 0.2) is 42.5 Å². The van der Waals surface area contributed by atoms with Gasteiger partial charge in [-0.1, -0.05) is 18.2 Å². The molecular formula is C20H23FN2O2. The van der Waals surface area contributed by atoms with Gasteiger partial charge in [-0.3, -0.25) is 0 Å². The molecule has 0 fully saturated rings. The van der Waals surface area contributed by atoms with Crippen molar-refractivity contribution in [2.45, 2.75) is 38.8 Å². The highest BCUT2D eigenvalue weighted by molar-refractivity contribution is 5.75. The Balaban J connectivity index is 1.59. The zero-order chi connectivity index (χ0) is 17.8. The molecule has 3 rings (SSSR count). The van der Waals surface area contributed by atoms with Crippen molar-refractivity contribution in [1.82, 2.24) is 10.6 Å². The molecule has 25 heavy (non-hydrogen) atoms. The van der Waals surface area contributed by atoms with E-state index in [2.05, 4.69) is 10.6 Å². The van der Waals surface area contributed by atoms with Crippen LogP contribution >= 0.6 is 0 Å². The van der Waals surface area contributed by atoms with Gasteiger partial charge in [0.25, 0.3) is 0 Å². The van der Waals surface area contributed by atoms with Gasteiger partial charge in [-0.2, -0.15) is 0 Å². The minimum Gasteiger partial charge on any atom is -0.494 e. The molecular weight excluding hydrogens is 319 g/mol. The van der Waals surface area contributed by atoms with Crippen LogP contribution in [-0.2, 0) is 6.42 Å². The fourth-order valence-corrected chi connectivity index (χ4v) is 3.22. The van der Waals surface area contributed by atoms with Crippen LogP contribution in [0.4, 0.5) is 9.18 Å². The van der Waals surface area contributed by atoms with Gasteiger partial charge in [0.15, 0.2) is 0 Å². The number of hydrogen-bond acceptors (Lipinski definition) is 2. The van der Waals surface area contributed by atoms with Crippen molar-refractivity contribution < 1.29 is 13.9 Å². The van der Waals surface area contributed by atoms with Crippen LogP contribution in [0.25, 0.3) is 0 Å². The second-order valence-corrected chi connectivity index (χ2v) is 6.28. The smallest absolute Gasteiger partial charge is 0.315 e. The first-order valence-electron chi connectivity index (χ1n) is 8.65. The number of hydrogen-bond donors (Lipinski definition) is 2. The molecule has 0 aromatic heterocycles. The van der Waals surface area contributed by atoms with Gasteiger partial charge in [0.05, 0.1) is 18.7 Å². The maximum Gasteiger partial charge on any atom is 0.315 e. The molecule has 0 saturated heterocycles. The molecule has 132 valence electrons. The van der Waals surface area contributed by atoms with E-state index in [9.17, 15) is 9.18 Å². The third kappa shape index (κ3) is 4.10. The highest BCUT2D eigenvalue weighted by Gasteiger charge is 2.24. The Morgan fingerprint density at radius 2 is 2.04 bits per heavy atom. The fraction of sp³-hybridized carbons (Fsp3) is 0.350. The van der Waals surface area contributed by atoms with E-state index in [1.54, 1.807) is 6.07 Å². The van der Waals surface area contributed by atoms with Crippen molar-refractivity contribution in [2.24, 2.45) is 0 Å².